The lowest BCUT2D eigenvalue weighted by molar-refractivity contribution is -0.644. The molecule has 0 bridgehead atoms. The van der Waals surface area contributed by atoms with Gasteiger partial charge in [0.25, 0.3) is 0 Å². The SMILES string of the molecule is COc1ccccc1C(=O)O.O=[N+]([O-])C1=CC(Cl)=CCC1(O)[N+](=O)[O-]. The smallest absolute Gasteiger partial charge is 0.416 e. The second-order valence-electron chi connectivity index (χ2n) is 4.66. The second-order valence-corrected chi connectivity index (χ2v) is 5.10. The number of allylic oxidation sites excluding steroid dienone is 2. The Kier molecular flexibility index (Phi) is 6.60. The van der Waals surface area contributed by atoms with E-state index < -0.39 is 33.7 Å². The maximum absolute atomic E-state index is 10.5. The fourth-order valence-electron chi connectivity index (χ4n) is 1.84. The van der Waals surface area contributed by atoms with E-state index in [4.69, 9.17) is 21.4 Å². The highest BCUT2D eigenvalue weighted by Gasteiger charge is 2.54. The summed E-state index contributed by atoms with van der Waals surface area (Å²) in [5.74, 6) is -0.581. The van der Waals surface area contributed by atoms with E-state index in [1.54, 1.807) is 18.2 Å². The first-order valence-electron chi connectivity index (χ1n) is 6.59. The monoisotopic (exact) mass is 372 g/mol. The fourth-order valence-corrected chi connectivity index (χ4v) is 2.02. The van der Waals surface area contributed by atoms with E-state index in [9.17, 15) is 30.1 Å². The van der Waals surface area contributed by atoms with Crippen molar-refractivity contribution in [3.63, 3.8) is 0 Å². The third-order valence-electron chi connectivity index (χ3n) is 3.10. The van der Waals surface area contributed by atoms with Crippen LogP contribution < -0.4 is 4.74 Å². The quantitative estimate of drug-likeness (QED) is 0.462. The van der Waals surface area contributed by atoms with Crippen LogP contribution in [0, 0.1) is 20.2 Å². The minimum absolute atomic E-state index is 0.00299. The second kappa shape index (κ2) is 8.22. The van der Waals surface area contributed by atoms with Gasteiger partial charge in [-0.15, -0.1) is 0 Å². The minimum atomic E-state index is -2.68. The van der Waals surface area contributed by atoms with Gasteiger partial charge in [0.2, 0.25) is 0 Å². The Morgan fingerprint density at radius 1 is 1.32 bits per heavy atom. The number of methoxy groups -OCH3 is 1. The molecular formula is C14H13ClN2O8. The summed E-state index contributed by atoms with van der Waals surface area (Å²) < 4.78 is 4.83. The number of nitrogens with zero attached hydrogens (tertiary/aromatic N) is 2. The third kappa shape index (κ3) is 4.75. The van der Waals surface area contributed by atoms with Gasteiger partial charge in [-0.25, -0.2) is 4.79 Å². The number of aliphatic hydroxyl groups is 1. The molecule has 10 nitrogen and oxygen atoms in total. The van der Waals surface area contributed by atoms with Crippen LogP contribution in [0.5, 0.6) is 5.75 Å². The third-order valence-corrected chi connectivity index (χ3v) is 3.37. The number of aromatic carboxylic acids is 1. The zero-order chi connectivity index (χ0) is 19.2. The molecule has 11 heteroatoms. The van der Waals surface area contributed by atoms with Gasteiger partial charge in [-0.1, -0.05) is 29.8 Å². The van der Waals surface area contributed by atoms with Crippen LogP contribution in [-0.2, 0) is 0 Å². The molecule has 0 saturated carbocycles. The summed E-state index contributed by atoms with van der Waals surface area (Å²) in [6.07, 6.45) is 1.41. The van der Waals surface area contributed by atoms with E-state index in [0.717, 1.165) is 12.2 Å². The maximum Gasteiger partial charge on any atom is 0.416 e. The van der Waals surface area contributed by atoms with Crippen molar-refractivity contribution in [1.29, 1.82) is 0 Å². The average Bonchev–Trinajstić information content (AvgIpc) is 2.57. The highest BCUT2D eigenvalue weighted by molar-refractivity contribution is 6.31. The number of ether oxygens (including phenoxy) is 1. The van der Waals surface area contributed by atoms with Gasteiger partial charge in [-0.3, -0.25) is 20.2 Å². The molecule has 1 aliphatic carbocycles. The predicted octanol–water partition coefficient (Wildman–Crippen LogP) is 2.03. The first-order chi connectivity index (χ1) is 11.6. The lowest BCUT2D eigenvalue weighted by Gasteiger charge is -2.17. The maximum atomic E-state index is 10.5. The van der Waals surface area contributed by atoms with Crippen molar-refractivity contribution in [2.75, 3.05) is 7.11 Å². The minimum Gasteiger partial charge on any atom is -0.496 e. The molecule has 0 aromatic heterocycles. The molecule has 1 atom stereocenters. The number of hydrogen-bond acceptors (Lipinski definition) is 7. The van der Waals surface area contributed by atoms with Crippen LogP contribution in [0.2, 0.25) is 0 Å². The number of carboxylic acid groups (broad SMARTS) is 1. The average molecular weight is 373 g/mol. The summed E-state index contributed by atoms with van der Waals surface area (Å²) in [5.41, 5.74) is -3.41. The number of carbonyl (C=O) groups is 1. The molecule has 0 aliphatic heterocycles. The molecule has 1 aromatic rings. The number of para-hydroxylation sites is 1. The van der Waals surface area contributed by atoms with Gasteiger partial charge < -0.3 is 14.9 Å². The molecule has 0 saturated heterocycles. The molecule has 2 rings (SSSR count). The number of nitro groups is 2. The van der Waals surface area contributed by atoms with Crippen molar-refractivity contribution in [3.05, 3.63) is 72.9 Å². The van der Waals surface area contributed by atoms with Crippen LogP contribution in [0.15, 0.2) is 47.1 Å². The normalized spacial score (nSPS) is 18.8. The van der Waals surface area contributed by atoms with E-state index in [1.807, 2.05) is 0 Å². The van der Waals surface area contributed by atoms with Crippen LogP contribution in [0.25, 0.3) is 0 Å². The first-order valence-corrected chi connectivity index (χ1v) is 6.96. The topological polar surface area (TPSA) is 153 Å². The molecule has 0 radical (unpaired) electrons. The summed E-state index contributed by atoms with van der Waals surface area (Å²) >= 11 is 5.43. The van der Waals surface area contributed by atoms with Crippen molar-refractivity contribution in [2.45, 2.75) is 12.1 Å². The molecule has 1 aliphatic rings. The van der Waals surface area contributed by atoms with Crippen molar-refractivity contribution in [3.8, 4) is 5.75 Å². The molecule has 134 valence electrons. The zero-order valence-electron chi connectivity index (χ0n) is 12.8. The largest absolute Gasteiger partial charge is 0.496 e. The Balaban J connectivity index is 0.000000257. The lowest BCUT2D eigenvalue weighted by Crippen LogP contribution is -2.43. The summed E-state index contributed by atoms with van der Waals surface area (Å²) in [6.45, 7) is 0. The first kappa shape index (κ1) is 20.1. The molecule has 0 amide bonds. The molecule has 0 spiro atoms. The van der Waals surface area contributed by atoms with Gasteiger partial charge in [0, 0.05) is 11.1 Å². The number of halogens is 1. The zero-order valence-corrected chi connectivity index (χ0v) is 13.5. The number of carboxylic acids is 1. The number of rotatable bonds is 4. The molecular weight excluding hydrogens is 360 g/mol. The summed E-state index contributed by atoms with van der Waals surface area (Å²) in [7, 11) is 1.45. The molecule has 1 aromatic carbocycles. The Labute approximate surface area is 145 Å². The molecule has 0 fully saturated rings. The summed E-state index contributed by atoms with van der Waals surface area (Å²) in [4.78, 5) is 29.2. The van der Waals surface area contributed by atoms with Crippen molar-refractivity contribution >= 4 is 17.6 Å². The van der Waals surface area contributed by atoms with E-state index >= 15 is 0 Å². The molecule has 2 N–H and O–H groups in total. The van der Waals surface area contributed by atoms with Gasteiger partial charge in [-0.2, -0.15) is 0 Å². The van der Waals surface area contributed by atoms with Crippen molar-refractivity contribution in [1.82, 2.24) is 0 Å². The van der Waals surface area contributed by atoms with E-state index in [-0.39, 0.29) is 10.6 Å². The van der Waals surface area contributed by atoms with Crippen LogP contribution in [-0.4, -0.2) is 38.9 Å². The summed E-state index contributed by atoms with van der Waals surface area (Å²) in [5, 5.41) is 38.8. The standard InChI is InChI=1S/C8H8O3.C6H5ClN2O5/c1-11-7-5-3-2-4-6(7)8(9)10;7-4-1-2-6(10,9(13)14)5(3-4)8(11)12/h2-5H,1H3,(H,9,10);1,3,10H,2H2. The highest BCUT2D eigenvalue weighted by atomic mass is 35.5. The van der Waals surface area contributed by atoms with Gasteiger partial charge in [0.05, 0.1) is 23.4 Å². The van der Waals surface area contributed by atoms with Crippen LogP contribution in [0.3, 0.4) is 0 Å². The Morgan fingerprint density at radius 2 is 1.92 bits per heavy atom. The highest BCUT2D eigenvalue weighted by Crippen LogP contribution is 2.30. The van der Waals surface area contributed by atoms with Crippen LogP contribution >= 0.6 is 11.6 Å². The van der Waals surface area contributed by atoms with E-state index in [2.05, 4.69) is 0 Å². The predicted molar refractivity (Wildman–Crippen MR) is 85.5 cm³/mol. The van der Waals surface area contributed by atoms with Gasteiger partial charge >= 0.3 is 17.4 Å². The number of benzene rings is 1. The fraction of sp³-hybridized carbons (Fsp3) is 0.214. The Bertz CT molecular complexity index is 761. The van der Waals surface area contributed by atoms with E-state index in [0.29, 0.717) is 5.75 Å². The Hall–Kier alpha value is -2.98. The van der Waals surface area contributed by atoms with E-state index in [1.165, 1.54) is 13.2 Å². The van der Waals surface area contributed by atoms with Gasteiger partial charge in [0.15, 0.2) is 0 Å². The molecule has 25 heavy (non-hydrogen) atoms. The van der Waals surface area contributed by atoms with Crippen molar-refractivity contribution in [2.24, 2.45) is 0 Å². The number of hydrogen-bond donors (Lipinski definition) is 2. The Morgan fingerprint density at radius 3 is 2.36 bits per heavy atom. The summed E-state index contributed by atoms with van der Waals surface area (Å²) in [6, 6.07) is 6.50. The van der Waals surface area contributed by atoms with Crippen LogP contribution in [0.1, 0.15) is 16.8 Å². The van der Waals surface area contributed by atoms with Gasteiger partial charge in [0.1, 0.15) is 11.3 Å². The van der Waals surface area contributed by atoms with Crippen LogP contribution in [0.4, 0.5) is 0 Å². The lowest BCUT2D eigenvalue weighted by atomic mass is 10.0. The van der Waals surface area contributed by atoms with Crippen molar-refractivity contribution < 1.29 is 29.6 Å². The molecule has 1 unspecified atom stereocenters. The van der Waals surface area contributed by atoms with Gasteiger partial charge in [-0.05, 0) is 12.1 Å². The molecule has 0 heterocycles.